The van der Waals surface area contributed by atoms with Gasteiger partial charge in [-0.3, -0.25) is 4.79 Å². The van der Waals surface area contributed by atoms with E-state index >= 15 is 0 Å². The highest BCUT2D eigenvalue weighted by Crippen LogP contribution is 2.12. The molecule has 1 heterocycles. The Morgan fingerprint density at radius 3 is 2.42 bits per heavy atom. The van der Waals surface area contributed by atoms with Gasteiger partial charge in [-0.05, 0) is 15.9 Å². The molecule has 0 unspecified atom stereocenters. The van der Waals surface area contributed by atoms with Crippen LogP contribution in [0, 0.1) is 0 Å². The highest BCUT2D eigenvalue weighted by Gasteiger charge is 2.11. The lowest BCUT2D eigenvalue weighted by molar-refractivity contribution is 0.605. The number of nitrogens with one attached hydrogen (secondary N) is 1. The van der Waals surface area contributed by atoms with Crippen molar-refractivity contribution in [2.75, 3.05) is 0 Å². The highest BCUT2D eigenvalue weighted by molar-refractivity contribution is 9.10. The van der Waals surface area contributed by atoms with Crippen LogP contribution in [0.3, 0.4) is 0 Å². The maximum absolute atomic E-state index is 10.8. The lowest BCUT2D eigenvalue weighted by atomic mass is 10.5. The van der Waals surface area contributed by atoms with Gasteiger partial charge in [-0.1, -0.05) is 0 Å². The van der Waals surface area contributed by atoms with Crippen LogP contribution in [-0.4, -0.2) is 13.4 Å². The van der Waals surface area contributed by atoms with E-state index in [-0.39, 0.29) is 9.63 Å². The highest BCUT2D eigenvalue weighted by atomic mass is 79.9. The number of rotatable bonds is 1. The van der Waals surface area contributed by atoms with Crippen molar-refractivity contribution in [3.8, 4) is 0 Å². The molecule has 0 radical (unpaired) electrons. The van der Waals surface area contributed by atoms with E-state index in [0.717, 1.165) is 6.07 Å². The van der Waals surface area contributed by atoms with Gasteiger partial charge in [-0.25, -0.2) is 8.42 Å². The van der Waals surface area contributed by atoms with E-state index in [1.165, 1.54) is 6.07 Å². The topological polar surface area (TPSA) is 67.0 Å². The quantitative estimate of drug-likeness (QED) is 0.614. The van der Waals surface area contributed by atoms with Crippen LogP contribution in [0.5, 0.6) is 0 Å². The Balaban J connectivity index is 3.48. The van der Waals surface area contributed by atoms with Crippen molar-refractivity contribution in [1.29, 1.82) is 0 Å². The van der Waals surface area contributed by atoms with Gasteiger partial charge in [0.05, 0.1) is 4.60 Å². The van der Waals surface area contributed by atoms with E-state index in [1.54, 1.807) is 0 Å². The standard InChI is InChI=1S/C5H3BrClNO3S/c6-4-1-3(9)2-5(8-4)12(7,10)11/h1-2H,(H,8,9). The summed E-state index contributed by atoms with van der Waals surface area (Å²) < 4.78 is 21.7. The summed E-state index contributed by atoms with van der Waals surface area (Å²) in [4.78, 5) is 13.2. The van der Waals surface area contributed by atoms with Crippen molar-refractivity contribution in [2.24, 2.45) is 0 Å². The zero-order chi connectivity index (χ0) is 9.35. The van der Waals surface area contributed by atoms with E-state index in [0.29, 0.717) is 0 Å². The second-order valence-corrected chi connectivity index (χ2v) is 5.35. The molecule has 0 fully saturated rings. The summed E-state index contributed by atoms with van der Waals surface area (Å²) in [7, 11) is 1.12. The van der Waals surface area contributed by atoms with Crippen LogP contribution in [0.4, 0.5) is 0 Å². The molecule has 0 atom stereocenters. The average molecular weight is 273 g/mol. The van der Waals surface area contributed by atoms with Crippen molar-refractivity contribution < 1.29 is 8.42 Å². The molecule has 1 N–H and O–H groups in total. The van der Waals surface area contributed by atoms with E-state index in [2.05, 4.69) is 20.9 Å². The van der Waals surface area contributed by atoms with Crippen molar-refractivity contribution in [3.63, 3.8) is 0 Å². The molecule has 1 aromatic heterocycles. The van der Waals surface area contributed by atoms with Crippen LogP contribution in [0.2, 0.25) is 0 Å². The minimum absolute atomic E-state index is 0.272. The van der Waals surface area contributed by atoms with Crippen LogP contribution in [0.15, 0.2) is 26.6 Å². The molecule has 0 aliphatic carbocycles. The number of aromatic nitrogens is 1. The molecular weight excluding hydrogens is 269 g/mol. The van der Waals surface area contributed by atoms with Gasteiger partial charge in [0.25, 0.3) is 9.05 Å². The fourth-order valence-corrected chi connectivity index (χ4v) is 1.93. The molecule has 0 bridgehead atoms. The minimum Gasteiger partial charge on any atom is -0.339 e. The zero-order valence-corrected chi connectivity index (χ0v) is 8.70. The maximum atomic E-state index is 10.8. The molecule has 0 aliphatic heterocycles. The minimum atomic E-state index is -3.86. The van der Waals surface area contributed by atoms with Gasteiger partial charge in [0.2, 0.25) is 0 Å². The number of hydrogen-bond donors (Lipinski definition) is 1. The van der Waals surface area contributed by atoms with Crippen molar-refractivity contribution in [2.45, 2.75) is 5.03 Å². The third kappa shape index (κ3) is 2.33. The zero-order valence-electron chi connectivity index (χ0n) is 5.54. The summed E-state index contributed by atoms with van der Waals surface area (Å²) in [5, 5.41) is -0.316. The van der Waals surface area contributed by atoms with E-state index < -0.39 is 14.5 Å². The lowest BCUT2D eigenvalue weighted by Crippen LogP contribution is -2.04. The fraction of sp³-hybridized carbons (Fsp3) is 0. The summed E-state index contributed by atoms with van der Waals surface area (Å²) >= 11 is 2.93. The summed E-state index contributed by atoms with van der Waals surface area (Å²) in [6.07, 6.45) is 0. The van der Waals surface area contributed by atoms with Crippen LogP contribution in [0.1, 0.15) is 0 Å². The molecular formula is C5H3BrClNO3S. The third-order valence-electron chi connectivity index (χ3n) is 1.05. The maximum Gasteiger partial charge on any atom is 0.276 e. The Labute approximate surface area is 81.1 Å². The van der Waals surface area contributed by atoms with Crippen LogP contribution in [0.25, 0.3) is 0 Å². The van der Waals surface area contributed by atoms with E-state index in [1.807, 2.05) is 0 Å². The first-order chi connectivity index (χ1) is 5.39. The first-order valence-corrected chi connectivity index (χ1v) is 5.84. The summed E-state index contributed by atoms with van der Waals surface area (Å²) in [5.74, 6) is 0. The van der Waals surface area contributed by atoms with Crippen molar-refractivity contribution in [1.82, 2.24) is 4.98 Å². The molecule has 0 saturated carbocycles. The fourth-order valence-electron chi connectivity index (χ4n) is 0.617. The second-order valence-electron chi connectivity index (χ2n) is 1.97. The van der Waals surface area contributed by atoms with Crippen LogP contribution in [-0.2, 0) is 9.05 Å². The average Bonchev–Trinajstić information content (AvgIpc) is 1.82. The Hall–Kier alpha value is -0.330. The number of aromatic amines is 1. The van der Waals surface area contributed by atoms with Gasteiger partial charge in [0.15, 0.2) is 10.5 Å². The van der Waals surface area contributed by atoms with E-state index in [4.69, 9.17) is 10.7 Å². The first-order valence-electron chi connectivity index (χ1n) is 2.74. The summed E-state index contributed by atoms with van der Waals surface area (Å²) in [5.41, 5.74) is -0.431. The molecule has 0 aliphatic rings. The predicted octanol–water partition coefficient (Wildman–Crippen LogP) is 1.06. The Bertz CT molecular complexity index is 452. The molecule has 0 spiro atoms. The number of pyridine rings is 1. The third-order valence-corrected chi connectivity index (χ3v) is 2.72. The van der Waals surface area contributed by atoms with Crippen LogP contribution >= 0.6 is 26.6 Å². The first kappa shape index (κ1) is 9.76. The largest absolute Gasteiger partial charge is 0.339 e. The SMILES string of the molecule is O=c1cc(Br)[nH]c(S(=O)(=O)Cl)c1. The van der Waals surface area contributed by atoms with Gasteiger partial charge < -0.3 is 4.98 Å². The second kappa shape index (κ2) is 3.20. The lowest BCUT2D eigenvalue weighted by Gasteiger charge is -1.95. The van der Waals surface area contributed by atoms with Crippen molar-refractivity contribution >= 4 is 35.7 Å². The number of H-pyrrole nitrogens is 1. The van der Waals surface area contributed by atoms with Gasteiger partial charge >= 0.3 is 0 Å². The monoisotopic (exact) mass is 271 g/mol. The molecule has 66 valence electrons. The molecule has 4 nitrogen and oxygen atoms in total. The number of halogens is 2. The van der Waals surface area contributed by atoms with Crippen LogP contribution < -0.4 is 5.43 Å². The number of hydrogen-bond acceptors (Lipinski definition) is 3. The molecule has 0 amide bonds. The molecule has 1 aromatic rings. The molecule has 0 aromatic carbocycles. The molecule has 1 rings (SSSR count). The normalized spacial score (nSPS) is 11.5. The Morgan fingerprint density at radius 2 is 2.00 bits per heavy atom. The Kier molecular flexibility index (Phi) is 2.60. The van der Waals surface area contributed by atoms with Gasteiger partial charge in [0, 0.05) is 22.8 Å². The van der Waals surface area contributed by atoms with E-state index in [9.17, 15) is 13.2 Å². The molecule has 7 heteroatoms. The molecule has 0 saturated heterocycles. The molecule has 12 heavy (non-hydrogen) atoms. The van der Waals surface area contributed by atoms with Crippen molar-refractivity contribution in [3.05, 3.63) is 27.0 Å². The smallest absolute Gasteiger partial charge is 0.276 e. The Morgan fingerprint density at radius 1 is 1.42 bits per heavy atom. The van der Waals surface area contributed by atoms with Gasteiger partial charge in [-0.2, -0.15) is 0 Å². The van der Waals surface area contributed by atoms with Gasteiger partial charge in [-0.15, -0.1) is 0 Å². The van der Waals surface area contributed by atoms with Gasteiger partial charge in [0.1, 0.15) is 0 Å². The summed E-state index contributed by atoms with van der Waals surface area (Å²) in [6, 6.07) is 2.11. The predicted molar refractivity (Wildman–Crippen MR) is 47.8 cm³/mol. The summed E-state index contributed by atoms with van der Waals surface area (Å²) in [6.45, 7) is 0.